The number of carbonyl (C=O) groups excluding carboxylic acids is 2. The number of aliphatic hydroxyl groups excluding tert-OH is 1. The van der Waals surface area contributed by atoms with E-state index in [2.05, 4.69) is 15.9 Å². The van der Waals surface area contributed by atoms with Gasteiger partial charge in [0.25, 0.3) is 11.7 Å². The van der Waals surface area contributed by atoms with Gasteiger partial charge in [0.05, 0.1) is 24.8 Å². The fraction of sp³-hybridized carbons (Fsp3) is 0.385. The zero-order chi connectivity index (χ0) is 25.2. The van der Waals surface area contributed by atoms with E-state index in [0.717, 1.165) is 10.0 Å². The van der Waals surface area contributed by atoms with Crippen molar-refractivity contribution in [3.63, 3.8) is 0 Å². The molecule has 2 aromatic carbocycles. The Kier molecular flexibility index (Phi) is 8.05. The maximum atomic E-state index is 13.2. The van der Waals surface area contributed by atoms with Crippen LogP contribution in [0.3, 0.4) is 0 Å². The van der Waals surface area contributed by atoms with Gasteiger partial charge in [0, 0.05) is 23.1 Å². The van der Waals surface area contributed by atoms with Gasteiger partial charge in [0.2, 0.25) is 0 Å². The molecule has 1 unspecified atom stereocenters. The van der Waals surface area contributed by atoms with E-state index in [1.165, 1.54) is 4.90 Å². The van der Waals surface area contributed by atoms with Crippen molar-refractivity contribution < 1.29 is 24.2 Å². The minimum atomic E-state index is -0.758. The molecule has 2 aromatic rings. The molecule has 0 bridgehead atoms. The van der Waals surface area contributed by atoms with E-state index < -0.39 is 17.7 Å². The van der Waals surface area contributed by atoms with Gasteiger partial charge in [-0.2, -0.15) is 0 Å². The maximum Gasteiger partial charge on any atom is 0.295 e. The molecule has 7 nitrogen and oxygen atoms in total. The standard InChI is InChI=1S/C26H31BrN2O5/c1-15(2)34-20-10-8-17(14-21(20)33-6)23-22(24(30)18-7-9-19(27)16(3)13-18)25(31)26(32)29(23)12-11-28(4)5/h7-10,13-15,23,30H,11-12H2,1-6H3/b24-22-. The van der Waals surface area contributed by atoms with Crippen molar-refractivity contribution in [1.29, 1.82) is 0 Å². The van der Waals surface area contributed by atoms with Crippen molar-refractivity contribution >= 4 is 33.4 Å². The molecule has 1 amide bonds. The molecule has 1 fully saturated rings. The van der Waals surface area contributed by atoms with Crippen molar-refractivity contribution in [3.05, 3.63) is 63.1 Å². The third-order valence-corrected chi connectivity index (χ3v) is 6.52. The Morgan fingerprint density at radius 1 is 1.15 bits per heavy atom. The molecule has 0 spiro atoms. The van der Waals surface area contributed by atoms with Crippen LogP contribution in [0.25, 0.3) is 5.76 Å². The summed E-state index contributed by atoms with van der Waals surface area (Å²) in [7, 11) is 5.34. The number of ketones is 1. The number of carbonyl (C=O) groups is 2. The molecule has 1 heterocycles. The summed E-state index contributed by atoms with van der Waals surface area (Å²) in [4.78, 5) is 29.7. The van der Waals surface area contributed by atoms with Gasteiger partial charge in [-0.15, -0.1) is 0 Å². The molecule has 34 heavy (non-hydrogen) atoms. The highest BCUT2D eigenvalue weighted by molar-refractivity contribution is 9.10. The van der Waals surface area contributed by atoms with Crippen molar-refractivity contribution in [2.24, 2.45) is 0 Å². The first-order valence-electron chi connectivity index (χ1n) is 11.1. The smallest absolute Gasteiger partial charge is 0.295 e. The summed E-state index contributed by atoms with van der Waals surface area (Å²) < 4.78 is 12.2. The number of Topliss-reactive ketones (excluding diaryl/α,β-unsaturated/α-hetero) is 1. The molecular formula is C26H31BrN2O5. The van der Waals surface area contributed by atoms with E-state index in [4.69, 9.17) is 9.47 Å². The minimum Gasteiger partial charge on any atom is -0.507 e. The highest BCUT2D eigenvalue weighted by Gasteiger charge is 2.46. The number of nitrogens with zero attached hydrogens (tertiary/aromatic N) is 2. The van der Waals surface area contributed by atoms with E-state index in [1.54, 1.807) is 37.4 Å². The van der Waals surface area contributed by atoms with Crippen LogP contribution < -0.4 is 9.47 Å². The van der Waals surface area contributed by atoms with Gasteiger partial charge >= 0.3 is 0 Å². The lowest BCUT2D eigenvalue weighted by molar-refractivity contribution is -0.140. The molecule has 1 aliphatic rings. The van der Waals surface area contributed by atoms with Gasteiger partial charge in [0.1, 0.15) is 5.76 Å². The number of aryl methyl sites for hydroxylation is 1. The Morgan fingerprint density at radius 2 is 1.85 bits per heavy atom. The number of amides is 1. The van der Waals surface area contributed by atoms with Crippen LogP contribution in [0.2, 0.25) is 0 Å². The second-order valence-electron chi connectivity index (χ2n) is 8.84. The second-order valence-corrected chi connectivity index (χ2v) is 9.69. The summed E-state index contributed by atoms with van der Waals surface area (Å²) in [5.74, 6) is -0.487. The first-order chi connectivity index (χ1) is 16.0. The van der Waals surface area contributed by atoms with Crippen LogP contribution in [0.5, 0.6) is 11.5 Å². The van der Waals surface area contributed by atoms with Crippen LogP contribution in [0.15, 0.2) is 46.4 Å². The van der Waals surface area contributed by atoms with Crippen LogP contribution in [0.4, 0.5) is 0 Å². The van der Waals surface area contributed by atoms with E-state index in [0.29, 0.717) is 35.7 Å². The number of aliphatic hydroxyl groups is 1. The quantitative estimate of drug-likeness (QED) is 0.306. The number of ether oxygens (including phenoxy) is 2. The monoisotopic (exact) mass is 530 g/mol. The maximum absolute atomic E-state index is 13.2. The Hall–Kier alpha value is -2.84. The van der Waals surface area contributed by atoms with Gasteiger partial charge in [0.15, 0.2) is 11.5 Å². The first kappa shape index (κ1) is 25.8. The second kappa shape index (κ2) is 10.6. The van der Waals surface area contributed by atoms with Gasteiger partial charge in [-0.05, 0) is 70.3 Å². The molecule has 0 aromatic heterocycles. The highest BCUT2D eigenvalue weighted by Crippen LogP contribution is 2.42. The van der Waals surface area contributed by atoms with Crippen molar-refractivity contribution in [2.45, 2.75) is 32.9 Å². The predicted molar refractivity (Wildman–Crippen MR) is 135 cm³/mol. The number of halogens is 1. The Balaban J connectivity index is 2.18. The number of hydrogen-bond donors (Lipinski definition) is 1. The molecule has 1 saturated heterocycles. The molecule has 1 aliphatic heterocycles. The molecular weight excluding hydrogens is 500 g/mol. The minimum absolute atomic E-state index is 0.0499. The van der Waals surface area contributed by atoms with E-state index in [9.17, 15) is 14.7 Å². The summed E-state index contributed by atoms with van der Waals surface area (Å²) in [5, 5.41) is 11.2. The fourth-order valence-electron chi connectivity index (χ4n) is 3.92. The van der Waals surface area contributed by atoms with Crippen molar-refractivity contribution in [1.82, 2.24) is 9.80 Å². The zero-order valence-electron chi connectivity index (χ0n) is 20.4. The largest absolute Gasteiger partial charge is 0.507 e. The lowest BCUT2D eigenvalue weighted by atomic mass is 9.94. The first-order valence-corrected chi connectivity index (χ1v) is 11.9. The molecule has 0 radical (unpaired) electrons. The molecule has 3 rings (SSSR count). The number of benzene rings is 2. The summed E-state index contributed by atoms with van der Waals surface area (Å²) >= 11 is 3.46. The van der Waals surface area contributed by atoms with Crippen LogP contribution in [-0.2, 0) is 9.59 Å². The Morgan fingerprint density at radius 3 is 2.44 bits per heavy atom. The molecule has 1 N–H and O–H groups in total. The molecule has 1 atom stereocenters. The summed E-state index contributed by atoms with van der Waals surface area (Å²) in [5.41, 5.74) is 2.09. The number of rotatable bonds is 8. The van der Waals surface area contributed by atoms with Gasteiger partial charge in [-0.25, -0.2) is 0 Å². The average Bonchev–Trinajstić information content (AvgIpc) is 3.03. The number of hydrogen-bond acceptors (Lipinski definition) is 6. The molecule has 0 aliphatic carbocycles. The summed E-state index contributed by atoms with van der Waals surface area (Å²) in [6.45, 7) is 6.62. The summed E-state index contributed by atoms with van der Waals surface area (Å²) in [6.07, 6.45) is -0.0499. The van der Waals surface area contributed by atoms with Crippen LogP contribution in [0.1, 0.15) is 36.6 Å². The van der Waals surface area contributed by atoms with E-state index in [1.807, 2.05) is 45.8 Å². The average molecular weight is 531 g/mol. The molecule has 0 saturated carbocycles. The Bertz CT molecular complexity index is 1130. The van der Waals surface area contributed by atoms with Crippen LogP contribution in [0, 0.1) is 6.92 Å². The topological polar surface area (TPSA) is 79.3 Å². The van der Waals surface area contributed by atoms with Gasteiger partial charge in [-0.1, -0.05) is 28.1 Å². The summed E-state index contributed by atoms with van der Waals surface area (Å²) in [6, 6.07) is 9.88. The van der Waals surface area contributed by atoms with Gasteiger partial charge in [-0.3, -0.25) is 9.59 Å². The lowest BCUT2D eigenvalue weighted by Gasteiger charge is -2.27. The number of likely N-dealkylation sites (tertiary alicyclic amines) is 1. The van der Waals surface area contributed by atoms with Crippen molar-refractivity contribution in [3.8, 4) is 11.5 Å². The third-order valence-electron chi connectivity index (χ3n) is 5.63. The third kappa shape index (κ3) is 5.28. The SMILES string of the molecule is COc1cc(C2/C(=C(/O)c3ccc(Br)c(C)c3)C(=O)C(=O)N2CCN(C)C)ccc1OC(C)C. The van der Waals surface area contributed by atoms with Crippen LogP contribution >= 0.6 is 15.9 Å². The highest BCUT2D eigenvalue weighted by atomic mass is 79.9. The van der Waals surface area contributed by atoms with E-state index >= 15 is 0 Å². The molecule has 8 heteroatoms. The molecule has 182 valence electrons. The predicted octanol–water partition coefficient (Wildman–Crippen LogP) is 4.54. The number of methoxy groups -OCH3 is 1. The lowest BCUT2D eigenvalue weighted by Crippen LogP contribution is -2.35. The number of likely N-dealkylation sites (N-methyl/N-ethyl adjacent to an activating group) is 1. The van der Waals surface area contributed by atoms with E-state index in [-0.39, 0.29) is 17.4 Å². The zero-order valence-corrected chi connectivity index (χ0v) is 22.0. The van der Waals surface area contributed by atoms with Crippen molar-refractivity contribution in [2.75, 3.05) is 34.3 Å². The Labute approximate surface area is 209 Å². The normalized spacial score (nSPS) is 17.7. The van der Waals surface area contributed by atoms with Crippen LogP contribution in [-0.4, -0.2) is 67.0 Å². The fourth-order valence-corrected chi connectivity index (χ4v) is 4.16. The van der Waals surface area contributed by atoms with Gasteiger partial charge < -0.3 is 24.4 Å².